The van der Waals surface area contributed by atoms with Crippen molar-refractivity contribution in [3.63, 3.8) is 0 Å². The maximum absolute atomic E-state index is 12.3. The molecule has 0 aliphatic carbocycles. The van der Waals surface area contributed by atoms with Crippen LogP contribution in [0, 0.1) is 5.92 Å². The molecule has 0 unspecified atom stereocenters. The molecule has 0 bridgehead atoms. The van der Waals surface area contributed by atoms with E-state index in [1.165, 1.54) is 0 Å². The molecular formula is C13H18ClNO2S. The fourth-order valence-electron chi connectivity index (χ4n) is 2.28. The van der Waals surface area contributed by atoms with Crippen molar-refractivity contribution in [2.24, 2.45) is 5.92 Å². The van der Waals surface area contributed by atoms with E-state index in [2.05, 4.69) is 6.92 Å². The van der Waals surface area contributed by atoms with Crippen molar-refractivity contribution < 1.29 is 8.42 Å². The van der Waals surface area contributed by atoms with Crippen molar-refractivity contribution in [3.05, 3.63) is 34.9 Å². The number of piperidine rings is 1. The smallest absolute Gasteiger partial charge is 0.212 e. The summed E-state index contributed by atoms with van der Waals surface area (Å²) in [5.41, 5.74) is 0.789. The molecule has 0 N–H and O–H groups in total. The summed E-state index contributed by atoms with van der Waals surface area (Å²) in [6, 6.07) is 7.00. The van der Waals surface area contributed by atoms with Gasteiger partial charge in [0.1, 0.15) is 0 Å². The lowest BCUT2D eigenvalue weighted by Gasteiger charge is -2.30. The molecule has 1 aliphatic rings. The molecule has 1 saturated heterocycles. The van der Waals surface area contributed by atoms with E-state index in [4.69, 9.17) is 11.6 Å². The van der Waals surface area contributed by atoms with Gasteiger partial charge in [0.25, 0.3) is 0 Å². The van der Waals surface area contributed by atoms with E-state index in [9.17, 15) is 8.42 Å². The fourth-order valence-corrected chi connectivity index (χ4v) is 4.09. The first-order valence-electron chi connectivity index (χ1n) is 6.19. The first-order chi connectivity index (χ1) is 8.47. The zero-order valence-corrected chi connectivity index (χ0v) is 12.0. The maximum atomic E-state index is 12.3. The second-order valence-corrected chi connectivity index (χ2v) is 7.39. The van der Waals surface area contributed by atoms with E-state index >= 15 is 0 Å². The van der Waals surface area contributed by atoms with Crippen LogP contribution in [0.4, 0.5) is 0 Å². The van der Waals surface area contributed by atoms with Gasteiger partial charge in [-0.25, -0.2) is 12.7 Å². The topological polar surface area (TPSA) is 37.4 Å². The van der Waals surface area contributed by atoms with E-state index in [1.807, 2.05) is 0 Å². The van der Waals surface area contributed by atoms with Gasteiger partial charge in [0.2, 0.25) is 10.0 Å². The van der Waals surface area contributed by atoms with Crippen LogP contribution in [0.15, 0.2) is 24.3 Å². The Labute approximate surface area is 114 Å². The third-order valence-electron chi connectivity index (χ3n) is 3.28. The van der Waals surface area contributed by atoms with E-state index in [1.54, 1.807) is 28.6 Å². The van der Waals surface area contributed by atoms with Gasteiger partial charge < -0.3 is 0 Å². The highest BCUT2D eigenvalue weighted by Gasteiger charge is 2.26. The molecule has 1 fully saturated rings. The summed E-state index contributed by atoms with van der Waals surface area (Å²) in [7, 11) is -3.19. The summed E-state index contributed by atoms with van der Waals surface area (Å²) in [4.78, 5) is 0. The Hall–Kier alpha value is -0.580. The van der Waals surface area contributed by atoms with Crippen LogP contribution in [0.2, 0.25) is 5.02 Å². The van der Waals surface area contributed by atoms with Gasteiger partial charge in [-0.1, -0.05) is 30.7 Å². The quantitative estimate of drug-likeness (QED) is 0.857. The molecule has 0 spiro atoms. The number of rotatable bonds is 3. The Kier molecular flexibility index (Phi) is 4.30. The Bertz CT molecular complexity index is 498. The van der Waals surface area contributed by atoms with E-state index in [-0.39, 0.29) is 5.75 Å². The van der Waals surface area contributed by atoms with Crippen molar-refractivity contribution in [1.29, 1.82) is 0 Å². The second-order valence-electron chi connectivity index (χ2n) is 4.99. The third-order valence-corrected chi connectivity index (χ3v) is 5.34. The number of hydrogen-bond acceptors (Lipinski definition) is 2. The lowest BCUT2D eigenvalue weighted by Crippen LogP contribution is -2.39. The van der Waals surface area contributed by atoms with Gasteiger partial charge in [-0.3, -0.25) is 0 Å². The molecule has 5 heteroatoms. The number of nitrogens with zero attached hydrogens (tertiary/aromatic N) is 1. The van der Waals surface area contributed by atoms with Gasteiger partial charge >= 0.3 is 0 Å². The average molecular weight is 288 g/mol. The fraction of sp³-hybridized carbons (Fsp3) is 0.538. The van der Waals surface area contributed by atoms with Crippen molar-refractivity contribution >= 4 is 21.6 Å². The SMILES string of the molecule is C[C@H]1CCCN(S(=O)(=O)Cc2ccc(Cl)cc2)C1. The molecule has 100 valence electrons. The van der Waals surface area contributed by atoms with Crippen LogP contribution in [-0.4, -0.2) is 25.8 Å². The number of benzene rings is 1. The highest BCUT2D eigenvalue weighted by Crippen LogP contribution is 2.21. The molecule has 0 amide bonds. The molecular weight excluding hydrogens is 270 g/mol. The molecule has 0 saturated carbocycles. The summed E-state index contributed by atoms with van der Waals surface area (Å²) in [5.74, 6) is 0.524. The van der Waals surface area contributed by atoms with Gasteiger partial charge in [-0.2, -0.15) is 0 Å². The molecule has 2 rings (SSSR count). The highest BCUT2D eigenvalue weighted by atomic mass is 35.5. The van der Waals surface area contributed by atoms with E-state index in [0.29, 0.717) is 24.0 Å². The molecule has 0 radical (unpaired) electrons. The largest absolute Gasteiger partial charge is 0.218 e. The lowest BCUT2D eigenvalue weighted by molar-refractivity contribution is 0.281. The standard InChI is InChI=1S/C13H18ClNO2S/c1-11-3-2-8-15(9-11)18(16,17)10-12-4-6-13(14)7-5-12/h4-7,11H,2-3,8-10H2,1H3/t11-/m0/s1. The minimum Gasteiger partial charge on any atom is -0.212 e. The van der Waals surface area contributed by atoms with Gasteiger partial charge in [-0.05, 0) is 36.5 Å². The van der Waals surface area contributed by atoms with Crippen LogP contribution in [0.25, 0.3) is 0 Å². The molecule has 3 nitrogen and oxygen atoms in total. The Morgan fingerprint density at radius 1 is 1.33 bits per heavy atom. The van der Waals surface area contributed by atoms with Gasteiger partial charge in [0.05, 0.1) is 5.75 Å². The van der Waals surface area contributed by atoms with Crippen LogP contribution < -0.4 is 0 Å². The number of sulfonamides is 1. The van der Waals surface area contributed by atoms with Crippen molar-refractivity contribution in [2.45, 2.75) is 25.5 Å². The second kappa shape index (κ2) is 5.59. The van der Waals surface area contributed by atoms with Crippen LogP contribution >= 0.6 is 11.6 Å². The van der Waals surface area contributed by atoms with Gasteiger partial charge in [-0.15, -0.1) is 0 Å². The summed E-state index contributed by atoms with van der Waals surface area (Å²) >= 11 is 5.79. The third kappa shape index (κ3) is 3.46. The zero-order valence-electron chi connectivity index (χ0n) is 10.5. The lowest BCUT2D eigenvalue weighted by atomic mass is 10.0. The van der Waals surface area contributed by atoms with Gasteiger partial charge in [0.15, 0.2) is 0 Å². The Morgan fingerprint density at radius 2 is 2.00 bits per heavy atom. The number of halogens is 1. The molecule has 0 aromatic heterocycles. The van der Waals surface area contributed by atoms with Crippen molar-refractivity contribution in [1.82, 2.24) is 4.31 Å². The zero-order chi connectivity index (χ0) is 13.2. The van der Waals surface area contributed by atoms with Crippen LogP contribution in [0.3, 0.4) is 0 Å². The van der Waals surface area contributed by atoms with E-state index in [0.717, 1.165) is 18.4 Å². The summed E-state index contributed by atoms with van der Waals surface area (Å²) < 4.78 is 26.2. The van der Waals surface area contributed by atoms with Crippen molar-refractivity contribution in [3.8, 4) is 0 Å². The summed E-state index contributed by atoms with van der Waals surface area (Å²) in [5, 5.41) is 0.628. The molecule has 1 aliphatic heterocycles. The summed E-state index contributed by atoms with van der Waals surface area (Å²) in [6.45, 7) is 3.40. The van der Waals surface area contributed by atoms with Crippen LogP contribution in [0.1, 0.15) is 25.3 Å². The van der Waals surface area contributed by atoms with E-state index < -0.39 is 10.0 Å². The molecule has 18 heavy (non-hydrogen) atoms. The normalized spacial score (nSPS) is 22.0. The Morgan fingerprint density at radius 3 is 2.61 bits per heavy atom. The maximum Gasteiger partial charge on any atom is 0.218 e. The predicted octanol–water partition coefficient (Wildman–Crippen LogP) is 2.90. The molecule has 1 aromatic rings. The Balaban J connectivity index is 2.09. The number of hydrogen-bond donors (Lipinski definition) is 0. The average Bonchev–Trinajstić information content (AvgIpc) is 2.32. The predicted molar refractivity (Wildman–Crippen MR) is 74.0 cm³/mol. The van der Waals surface area contributed by atoms with Crippen LogP contribution in [-0.2, 0) is 15.8 Å². The minimum absolute atomic E-state index is 0.0664. The molecule has 1 aromatic carbocycles. The monoisotopic (exact) mass is 287 g/mol. The first kappa shape index (κ1) is 13.8. The summed E-state index contributed by atoms with van der Waals surface area (Å²) in [6.07, 6.45) is 2.08. The first-order valence-corrected chi connectivity index (χ1v) is 8.18. The van der Waals surface area contributed by atoms with Gasteiger partial charge in [0, 0.05) is 18.1 Å². The minimum atomic E-state index is -3.19. The van der Waals surface area contributed by atoms with Crippen molar-refractivity contribution in [2.75, 3.05) is 13.1 Å². The molecule has 1 atom stereocenters. The highest BCUT2D eigenvalue weighted by molar-refractivity contribution is 7.88. The van der Waals surface area contributed by atoms with Crippen LogP contribution in [0.5, 0.6) is 0 Å². The molecule has 1 heterocycles.